The Morgan fingerprint density at radius 3 is 2.57 bits per heavy atom. The SMILES string of the molecule is COc1cc(CNCC(C)C)cc(Cl)c1OCC(C)CO. The van der Waals surface area contributed by atoms with Crippen LogP contribution in [0.3, 0.4) is 0 Å². The summed E-state index contributed by atoms with van der Waals surface area (Å²) in [5.41, 5.74) is 1.06. The Bertz CT molecular complexity index is 438. The molecule has 0 aliphatic heterocycles. The van der Waals surface area contributed by atoms with E-state index in [4.69, 9.17) is 26.2 Å². The van der Waals surface area contributed by atoms with E-state index < -0.39 is 0 Å². The molecule has 1 aromatic rings. The molecule has 0 heterocycles. The minimum Gasteiger partial charge on any atom is -0.493 e. The smallest absolute Gasteiger partial charge is 0.179 e. The summed E-state index contributed by atoms with van der Waals surface area (Å²) >= 11 is 6.29. The molecular weight excluding hydrogens is 290 g/mol. The summed E-state index contributed by atoms with van der Waals surface area (Å²) in [5, 5.41) is 12.9. The molecule has 5 heteroatoms. The maximum absolute atomic E-state index is 9.04. The summed E-state index contributed by atoms with van der Waals surface area (Å²) in [6.07, 6.45) is 0. The minimum atomic E-state index is 0.0538. The minimum absolute atomic E-state index is 0.0538. The molecule has 0 bridgehead atoms. The van der Waals surface area contributed by atoms with Crippen LogP contribution >= 0.6 is 11.6 Å². The molecule has 1 atom stereocenters. The first-order valence-corrected chi connectivity index (χ1v) is 7.66. The van der Waals surface area contributed by atoms with E-state index in [-0.39, 0.29) is 12.5 Å². The van der Waals surface area contributed by atoms with Crippen molar-refractivity contribution in [2.75, 3.05) is 26.9 Å². The fraction of sp³-hybridized carbons (Fsp3) is 0.625. The number of aliphatic hydroxyl groups excluding tert-OH is 1. The molecule has 0 spiro atoms. The van der Waals surface area contributed by atoms with E-state index in [2.05, 4.69) is 19.2 Å². The molecule has 21 heavy (non-hydrogen) atoms. The zero-order valence-corrected chi connectivity index (χ0v) is 14.0. The highest BCUT2D eigenvalue weighted by atomic mass is 35.5. The summed E-state index contributed by atoms with van der Waals surface area (Å²) in [5.74, 6) is 1.81. The van der Waals surface area contributed by atoms with Crippen molar-refractivity contribution in [1.82, 2.24) is 5.32 Å². The van der Waals surface area contributed by atoms with E-state index in [9.17, 15) is 0 Å². The Kier molecular flexibility index (Phi) is 7.86. The fourth-order valence-corrected chi connectivity index (χ4v) is 2.09. The monoisotopic (exact) mass is 315 g/mol. The predicted octanol–water partition coefficient (Wildman–Crippen LogP) is 3.10. The largest absolute Gasteiger partial charge is 0.493 e. The second-order valence-electron chi connectivity index (χ2n) is 5.73. The summed E-state index contributed by atoms with van der Waals surface area (Å²) in [4.78, 5) is 0. The topological polar surface area (TPSA) is 50.7 Å². The molecule has 2 N–H and O–H groups in total. The number of ether oxygens (including phenoxy) is 2. The van der Waals surface area contributed by atoms with Gasteiger partial charge in [0.15, 0.2) is 11.5 Å². The normalized spacial score (nSPS) is 12.5. The number of nitrogens with one attached hydrogen (secondary N) is 1. The van der Waals surface area contributed by atoms with Crippen molar-refractivity contribution in [3.05, 3.63) is 22.7 Å². The third-order valence-electron chi connectivity index (χ3n) is 2.99. The first-order valence-electron chi connectivity index (χ1n) is 7.28. The molecule has 0 aliphatic rings. The van der Waals surface area contributed by atoms with Gasteiger partial charge in [0.1, 0.15) is 0 Å². The van der Waals surface area contributed by atoms with Gasteiger partial charge in [-0.2, -0.15) is 0 Å². The van der Waals surface area contributed by atoms with Gasteiger partial charge >= 0.3 is 0 Å². The van der Waals surface area contributed by atoms with E-state index in [1.165, 1.54) is 0 Å². The molecule has 0 amide bonds. The van der Waals surface area contributed by atoms with Crippen LogP contribution < -0.4 is 14.8 Å². The van der Waals surface area contributed by atoms with Crippen molar-refractivity contribution < 1.29 is 14.6 Å². The molecular formula is C16H26ClNO3. The van der Waals surface area contributed by atoms with E-state index in [0.717, 1.165) is 18.7 Å². The van der Waals surface area contributed by atoms with Crippen molar-refractivity contribution in [2.24, 2.45) is 11.8 Å². The zero-order valence-electron chi connectivity index (χ0n) is 13.3. The van der Waals surface area contributed by atoms with Crippen molar-refractivity contribution in [3.8, 4) is 11.5 Å². The predicted molar refractivity (Wildman–Crippen MR) is 86.3 cm³/mol. The molecule has 1 unspecified atom stereocenters. The van der Waals surface area contributed by atoms with E-state index in [1.54, 1.807) is 7.11 Å². The van der Waals surface area contributed by atoms with Crippen LogP contribution in [-0.2, 0) is 6.54 Å². The number of rotatable bonds is 9. The summed E-state index contributed by atoms with van der Waals surface area (Å²) in [6.45, 7) is 8.41. The van der Waals surface area contributed by atoms with Gasteiger partial charge in [-0.1, -0.05) is 32.4 Å². The Morgan fingerprint density at radius 1 is 1.29 bits per heavy atom. The highest BCUT2D eigenvalue weighted by molar-refractivity contribution is 6.32. The Balaban J connectivity index is 2.76. The Morgan fingerprint density at radius 2 is 2.00 bits per heavy atom. The summed E-state index contributed by atoms with van der Waals surface area (Å²) in [6, 6.07) is 3.81. The lowest BCUT2D eigenvalue weighted by molar-refractivity contribution is 0.171. The van der Waals surface area contributed by atoms with Crippen LogP contribution in [-0.4, -0.2) is 32.0 Å². The van der Waals surface area contributed by atoms with Crippen LogP contribution in [0.1, 0.15) is 26.3 Å². The number of halogens is 1. The van der Waals surface area contributed by atoms with Crippen molar-refractivity contribution in [1.29, 1.82) is 0 Å². The van der Waals surface area contributed by atoms with Crippen LogP contribution in [0.4, 0.5) is 0 Å². The van der Waals surface area contributed by atoms with Gasteiger partial charge in [-0.05, 0) is 30.2 Å². The molecule has 1 aromatic carbocycles. The second-order valence-corrected chi connectivity index (χ2v) is 6.14. The number of hydrogen-bond donors (Lipinski definition) is 2. The average Bonchev–Trinajstić information content (AvgIpc) is 2.44. The van der Waals surface area contributed by atoms with Crippen molar-refractivity contribution in [3.63, 3.8) is 0 Å². The molecule has 4 nitrogen and oxygen atoms in total. The van der Waals surface area contributed by atoms with E-state index >= 15 is 0 Å². The molecule has 0 saturated heterocycles. The van der Waals surface area contributed by atoms with Crippen molar-refractivity contribution >= 4 is 11.6 Å². The molecule has 1 rings (SSSR count). The fourth-order valence-electron chi connectivity index (χ4n) is 1.80. The number of aliphatic hydroxyl groups is 1. The molecule has 0 saturated carbocycles. The summed E-state index contributed by atoms with van der Waals surface area (Å²) in [7, 11) is 1.60. The second kappa shape index (κ2) is 9.13. The highest BCUT2D eigenvalue weighted by Crippen LogP contribution is 2.36. The van der Waals surface area contributed by atoms with Gasteiger partial charge in [0.2, 0.25) is 0 Å². The molecule has 0 radical (unpaired) electrons. The van der Waals surface area contributed by atoms with Gasteiger partial charge in [0, 0.05) is 19.1 Å². The van der Waals surface area contributed by atoms with Crippen LogP contribution in [0.25, 0.3) is 0 Å². The van der Waals surface area contributed by atoms with Gasteiger partial charge < -0.3 is 19.9 Å². The maximum Gasteiger partial charge on any atom is 0.179 e. The van der Waals surface area contributed by atoms with Crippen LogP contribution in [0, 0.1) is 11.8 Å². The van der Waals surface area contributed by atoms with Crippen LogP contribution in [0.5, 0.6) is 11.5 Å². The number of hydrogen-bond acceptors (Lipinski definition) is 4. The lowest BCUT2D eigenvalue weighted by Gasteiger charge is -2.16. The molecule has 120 valence electrons. The van der Waals surface area contributed by atoms with Gasteiger partial charge in [-0.15, -0.1) is 0 Å². The summed E-state index contributed by atoms with van der Waals surface area (Å²) < 4.78 is 11.0. The van der Waals surface area contributed by atoms with Gasteiger partial charge in [0.05, 0.1) is 18.7 Å². The zero-order chi connectivity index (χ0) is 15.8. The van der Waals surface area contributed by atoms with Crippen LogP contribution in [0.15, 0.2) is 12.1 Å². The van der Waals surface area contributed by atoms with Gasteiger partial charge in [-0.25, -0.2) is 0 Å². The average molecular weight is 316 g/mol. The maximum atomic E-state index is 9.04. The van der Waals surface area contributed by atoms with E-state index in [1.807, 2.05) is 19.1 Å². The van der Waals surface area contributed by atoms with Crippen LogP contribution in [0.2, 0.25) is 5.02 Å². The molecule has 0 aliphatic carbocycles. The van der Waals surface area contributed by atoms with E-state index in [0.29, 0.717) is 29.0 Å². The lowest BCUT2D eigenvalue weighted by atomic mass is 10.1. The molecule has 0 fully saturated rings. The first-order chi connectivity index (χ1) is 9.97. The number of benzene rings is 1. The standard InChI is InChI=1S/C16H26ClNO3/c1-11(2)7-18-8-13-5-14(17)16(15(6-13)20-4)21-10-12(3)9-19/h5-6,11-12,18-19H,7-10H2,1-4H3. The van der Waals surface area contributed by atoms with Gasteiger partial charge in [0.25, 0.3) is 0 Å². The third-order valence-corrected chi connectivity index (χ3v) is 3.28. The Hall–Kier alpha value is -0.970. The molecule has 0 aromatic heterocycles. The third kappa shape index (κ3) is 6.12. The quantitative estimate of drug-likeness (QED) is 0.735. The number of methoxy groups -OCH3 is 1. The lowest BCUT2D eigenvalue weighted by Crippen LogP contribution is -2.19. The first kappa shape index (κ1) is 18.1. The highest BCUT2D eigenvalue weighted by Gasteiger charge is 2.13. The Labute approximate surface area is 132 Å². The van der Waals surface area contributed by atoms with Crippen molar-refractivity contribution in [2.45, 2.75) is 27.3 Å². The van der Waals surface area contributed by atoms with Gasteiger partial charge in [-0.3, -0.25) is 0 Å².